The van der Waals surface area contributed by atoms with Crippen LogP contribution in [-0.4, -0.2) is 0 Å². The van der Waals surface area contributed by atoms with Crippen LogP contribution in [0.25, 0.3) is 0 Å². The Balaban J connectivity index is 1.98. The van der Waals surface area contributed by atoms with Gasteiger partial charge in [0.25, 0.3) is 0 Å². The summed E-state index contributed by atoms with van der Waals surface area (Å²) < 4.78 is 14.0. The predicted molar refractivity (Wildman–Crippen MR) is 84.3 cm³/mol. The quantitative estimate of drug-likeness (QED) is 0.475. The zero-order valence-corrected chi connectivity index (χ0v) is 12.2. The second-order valence-corrected chi connectivity index (χ2v) is 5.55. The first-order chi connectivity index (χ1) is 9.70. The zero-order valence-electron chi connectivity index (χ0n) is 12.2. The first-order valence-electron chi connectivity index (χ1n) is 7.42. The number of rotatable bonds is 5. The molecule has 0 nitrogen and oxygen atoms in total. The molecule has 0 spiro atoms. The lowest BCUT2D eigenvalue weighted by molar-refractivity contribution is 0.545. The minimum absolute atomic E-state index is 0.0698. The Labute approximate surface area is 121 Å². The molecule has 0 radical (unpaired) electrons. The van der Waals surface area contributed by atoms with E-state index in [1.54, 1.807) is 6.07 Å². The number of allylic oxidation sites excluding steroid dienone is 5. The molecule has 0 fully saturated rings. The molecule has 20 heavy (non-hydrogen) atoms. The highest BCUT2D eigenvalue weighted by Crippen LogP contribution is 2.32. The summed E-state index contributed by atoms with van der Waals surface area (Å²) in [5, 5.41) is 0. The van der Waals surface area contributed by atoms with Crippen LogP contribution in [0.5, 0.6) is 0 Å². The summed E-state index contributed by atoms with van der Waals surface area (Å²) in [6.45, 7) is 5.64. The molecule has 0 N–H and O–H groups in total. The maximum absolute atomic E-state index is 14.0. The van der Waals surface area contributed by atoms with E-state index in [1.165, 1.54) is 0 Å². The number of hydrogen-bond donors (Lipinski definition) is 0. The molecule has 1 aliphatic carbocycles. The van der Waals surface area contributed by atoms with Crippen molar-refractivity contribution in [1.29, 1.82) is 0 Å². The number of unbranched alkanes of at least 4 members (excludes halogenated alkanes) is 1. The van der Waals surface area contributed by atoms with Gasteiger partial charge in [-0.05, 0) is 55.7 Å². The molecular weight excluding hydrogens is 247 g/mol. The van der Waals surface area contributed by atoms with Crippen molar-refractivity contribution < 1.29 is 4.39 Å². The van der Waals surface area contributed by atoms with Crippen LogP contribution in [0.2, 0.25) is 0 Å². The van der Waals surface area contributed by atoms with Crippen molar-refractivity contribution >= 4 is 0 Å². The van der Waals surface area contributed by atoms with Gasteiger partial charge in [0.15, 0.2) is 0 Å². The van der Waals surface area contributed by atoms with E-state index in [1.807, 2.05) is 25.1 Å². The molecule has 0 saturated carbocycles. The van der Waals surface area contributed by atoms with Crippen LogP contribution in [0.1, 0.15) is 42.7 Å². The van der Waals surface area contributed by atoms with E-state index in [0.717, 1.165) is 36.8 Å². The average molecular weight is 270 g/mol. The first kappa shape index (κ1) is 14.8. The molecule has 1 aromatic rings. The molecule has 1 aromatic carbocycles. The van der Waals surface area contributed by atoms with Gasteiger partial charge in [0.1, 0.15) is 5.82 Å². The van der Waals surface area contributed by atoms with Crippen molar-refractivity contribution in [3.05, 3.63) is 72.1 Å². The van der Waals surface area contributed by atoms with Gasteiger partial charge < -0.3 is 0 Å². The van der Waals surface area contributed by atoms with E-state index in [4.69, 9.17) is 0 Å². The summed E-state index contributed by atoms with van der Waals surface area (Å²) in [5.74, 6) is 0.664. The van der Waals surface area contributed by atoms with Gasteiger partial charge in [0.05, 0.1) is 0 Å². The Morgan fingerprint density at radius 3 is 2.75 bits per heavy atom. The largest absolute Gasteiger partial charge is 0.207 e. The van der Waals surface area contributed by atoms with E-state index >= 15 is 0 Å². The Bertz CT molecular complexity index is 510. The van der Waals surface area contributed by atoms with Crippen LogP contribution >= 0.6 is 0 Å². The third-order valence-electron chi connectivity index (χ3n) is 3.88. The van der Waals surface area contributed by atoms with Crippen LogP contribution in [-0.2, 0) is 0 Å². The lowest BCUT2D eigenvalue weighted by Gasteiger charge is -2.21. The standard InChI is InChI=1S/C19H23F/c1-3-4-5-6-7-16-9-11-17(12-10-16)18-13-8-15(2)14-19(18)20/h3,6-9,11,13-14,16-17H,1,4-5,10,12H2,2H3. The van der Waals surface area contributed by atoms with Gasteiger partial charge in [-0.1, -0.05) is 42.5 Å². The number of aryl methyl sites for hydroxylation is 1. The van der Waals surface area contributed by atoms with Crippen molar-refractivity contribution in [2.75, 3.05) is 0 Å². The second kappa shape index (κ2) is 7.23. The van der Waals surface area contributed by atoms with Gasteiger partial charge in [-0.2, -0.15) is 0 Å². The zero-order chi connectivity index (χ0) is 14.4. The van der Waals surface area contributed by atoms with Gasteiger partial charge in [0, 0.05) is 5.92 Å². The molecule has 2 rings (SSSR count). The third kappa shape index (κ3) is 3.93. The first-order valence-corrected chi connectivity index (χ1v) is 7.42. The number of hydrogen-bond acceptors (Lipinski definition) is 0. The van der Waals surface area contributed by atoms with Crippen LogP contribution in [0.15, 0.2) is 55.2 Å². The van der Waals surface area contributed by atoms with E-state index < -0.39 is 0 Å². The van der Waals surface area contributed by atoms with Gasteiger partial charge in [-0.3, -0.25) is 0 Å². The maximum Gasteiger partial charge on any atom is 0.127 e. The molecule has 2 unspecified atom stereocenters. The molecule has 2 atom stereocenters. The van der Waals surface area contributed by atoms with E-state index in [-0.39, 0.29) is 11.7 Å². The van der Waals surface area contributed by atoms with Crippen molar-refractivity contribution in [3.63, 3.8) is 0 Å². The minimum atomic E-state index is -0.0698. The normalized spacial score (nSPS) is 22.3. The third-order valence-corrected chi connectivity index (χ3v) is 3.88. The molecular formula is C19H23F. The van der Waals surface area contributed by atoms with Crippen molar-refractivity contribution in [2.45, 2.75) is 38.5 Å². The lowest BCUT2D eigenvalue weighted by Crippen LogP contribution is -2.07. The van der Waals surface area contributed by atoms with Gasteiger partial charge in [-0.15, -0.1) is 6.58 Å². The van der Waals surface area contributed by atoms with E-state index in [2.05, 4.69) is 30.9 Å². The Kier molecular flexibility index (Phi) is 5.34. The average Bonchev–Trinajstić information content (AvgIpc) is 2.45. The fourth-order valence-electron chi connectivity index (χ4n) is 2.68. The van der Waals surface area contributed by atoms with Crippen LogP contribution < -0.4 is 0 Å². The second-order valence-electron chi connectivity index (χ2n) is 5.55. The van der Waals surface area contributed by atoms with E-state index in [9.17, 15) is 4.39 Å². The Morgan fingerprint density at radius 1 is 1.25 bits per heavy atom. The number of benzene rings is 1. The number of halogens is 1. The van der Waals surface area contributed by atoms with Crippen molar-refractivity contribution in [2.24, 2.45) is 5.92 Å². The molecule has 106 valence electrons. The van der Waals surface area contributed by atoms with Crippen LogP contribution in [0.4, 0.5) is 4.39 Å². The molecule has 0 heterocycles. The van der Waals surface area contributed by atoms with Gasteiger partial charge in [-0.25, -0.2) is 4.39 Å². The summed E-state index contributed by atoms with van der Waals surface area (Å²) in [6, 6.07) is 5.55. The summed E-state index contributed by atoms with van der Waals surface area (Å²) in [7, 11) is 0. The highest BCUT2D eigenvalue weighted by molar-refractivity contribution is 5.30. The highest BCUT2D eigenvalue weighted by Gasteiger charge is 2.18. The van der Waals surface area contributed by atoms with Crippen LogP contribution in [0.3, 0.4) is 0 Å². The van der Waals surface area contributed by atoms with Gasteiger partial charge in [0.2, 0.25) is 0 Å². The Hall–Kier alpha value is -1.63. The van der Waals surface area contributed by atoms with Crippen molar-refractivity contribution in [3.8, 4) is 0 Å². The summed E-state index contributed by atoms with van der Waals surface area (Å²) in [6.07, 6.45) is 15.0. The molecule has 0 bridgehead atoms. The predicted octanol–water partition coefficient (Wildman–Crippen LogP) is 5.71. The molecule has 0 amide bonds. The Morgan fingerprint density at radius 2 is 2.10 bits per heavy atom. The fraction of sp³-hybridized carbons (Fsp3) is 0.368. The minimum Gasteiger partial charge on any atom is -0.207 e. The summed E-state index contributed by atoms with van der Waals surface area (Å²) in [5.41, 5.74) is 1.81. The molecule has 0 aliphatic heterocycles. The molecule has 0 saturated heterocycles. The molecule has 0 aromatic heterocycles. The molecule has 1 heteroatoms. The smallest absolute Gasteiger partial charge is 0.127 e. The summed E-state index contributed by atoms with van der Waals surface area (Å²) in [4.78, 5) is 0. The molecule has 1 aliphatic rings. The lowest BCUT2D eigenvalue weighted by atomic mass is 9.84. The fourth-order valence-corrected chi connectivity index (χ4v) is 2.68. The topological polar surface area (TPSA) is 0 Å². The van der Waals surface area contributed by atoms with E-state index in [0.29, 0.717) is 5.92 Å². The highest BCUT2D eigenvalue weighted by atomic mass is 19.1. The van der Waals surface area contributed by atoms with Crippen LogP contribution in [0, 0.1) is 18.7 Å². The monoisotopic (exact) mass is 270 g/mol. The summed E-state index contributed by atoms with van der Waals surface area (Å²) >= 11 is 0. The maximum atomic E-state index is 14.0. The van der Waals surface area contributed by atoms with Crippen molar-refractivity contribution in [1.82, 2.24) is 0 Å². The van der Waals surface area contributed by atoms with Gasteiger partial charge >= 0.3 is 0 Å². The SMILES string of the molecule is C=CCCC=CC1C=CC(c2ccc(C)cc2F)CC1.